The number of fused-ring (bicyclic) bond motifs is 8. The van der Waals surface area contributed by atoms with Crippen molar-refractivity contribution in [2.75, 3.05) is 9.80 Å². The molecule has 346 valence electrons. The average molecular weight is 981 g/mol. The molecule has 11 aromatic rings. The molecule has 0 spiro atoms. The summed E-state index contributed by atoms with van der Waals surface area (Å²) < 4.78 is 13.8. The van der Waals surface area contributed by atoms with Gasteiger partial charge in [-0.25, -0.2) is 0 Å². The molecular formula is C66H42B2N2O2S2. The van der Waals surface area contributed by atoms with Crippen molar-refractivity contribution in [3.05, 3.63) is 255 Å². The molecule has 0 amide bonds. The Morgan fingerprint density at radius 3 is 1.07 bits per heavy atom. The first kappa shape index (κ1) is 43.1. The Bertz CT molecular complexity index is 3760. The molecule has 0 unspecified atom stereocenters. The fourth-order valence-electron chi connectivity index (χ4n) is 11.9. The zero-order valence-electron chi connectivity index (χ0n) is 39.9. The summed E-state index contributed by atoms with van der Waals surface area (Å²) in [7, 11) is 0. The van der Waals surface area contributed by atoms with Crippen molar-refractivity contribution < 1.29 is 9.47 Å². The van der Waals surface area contributed by atoms with Crippen LogP contribution in [0.2, 0.25) is 0 Å². The molecular weight excluding hydrogens is 938 g/mol. The van der Waals surface area contributed by atoms with Crippen molar-refractivity contribution >= 4 is 104 Å². The van der Waals surface area contributed by atoms with Crippen LogP contribution in [0.4, 0.5) is 34.1 Å². The number of hydrogen-bond donors (Lipinski definition) is 0. The van der Waals surface area contributed by atoms with Crippen molar-refractivity contribution in [3.63, 3.8) is 0 Å². The maximum atomic E-state index is 6.89. The van der Waals surface area contributed by atoms with Crippen LogP contribution in [0.25, 0.3) is 22.3 Å². The minimum Gasteiger partial charge on any atom is -0.457 e. The van der Waals surface area contributed by atoms with Crippen molar-refractivity contribution in [1.82, 2.24) is 0 Å². The van der Waals surface area contributed by atoms with Crippen LogP contribution in [0.3, 0.4) is 0 Å². The molecule has 15 rings (SSSR count). The zero-order chi connectivity index (χ0) is 48.7. The van der Waals surface area contributed by atoms with Gasteiger partial charge in [-0.2, -0.15) is 0 Å². The van der Waals surface area contributed by atoms with E-state index in [-0.39, 0.29) is 13.4 Å². The van der Waals surface area contributed by atoms with Crippen LogP contribution in [0.5, 0.6) is 23.0 Å². The Balaban J connectivity index is 1.16. The van der Waals surface area contributed by atoms with E-state index in [4.69, 9.17) is 9.47 Å². The highest BCUT2D eigenvalue weighted by Gasteiger charge is 2.51. The monoisotopic (exact) mass is 980 g/mol. The van der Waals surface area contributed by atoms with Gasteiger partial charge in [0.15, 0.2) is 0 Å². The fraction of sp³-hybridized carbons (Fsp3) is 0. The SMILES string of the molecule is c1ccc(Oc2cc3c4c(c2)N(c2ccccc2)c2c(c(-c5ccccc5)c5c(c2-c2ccccc2)N(c2ccccc2)c2cc(Oc6ccccc6)cc6c2B5c2ccccc2S6)B4c2ccccc2S3)cc1. The number of rotatable bonds is 8. The van der Waals surface area contributed by atoms with Crippen LogP contribution in [0.15, 0.2) is 274 Å². The van der Waals surface area contributed by atoms with Gasteiger partial charge >= 0.3 is 0 Å². The first-order chi connectivity index (χ1) is 36.7. The van der Waals surface area contributed by atoms with Gasteiger partial charge in [0.1, 0.15) is 23.0 Å². The third-order valence-electron chi connectivity index (χ3n) is 14.8. The van der Waals surface area contributed by atoms with Crippen LogP contribution in [0.1, 0.15) is 0 Å². The Hall–Kier alpha value is -8.55. The van der Waals surface area contributed by atoms with E-state index >= 15 is 0 Å². The van der Waals surface area contributed by atoms with Crippen molar-refractivity contribution in [1.29, 1.82) is 0 Å². The molecule has 0 N–H and O–H groups in total. The van der Waals surface area contributed by atoms with E-state index < -0.39 is 0 Å². The number of hydrogen-bond acceptors (Lipinski definition) is 6. The van der Waals surface area contributed by atoms with Gasteiger partial charge in [-0.3, -0.25) is 0 Å². The van der Waals surface area contributed by atoms with Gasteiger partial charge in [0, 0.05) is 60.0 Å². The number of nitrogens with zero attached hydrogens (tertiary/aromatic N) is 2. The molecule has 0 fully saturated rings. The lowest BCUT2D eigenvalue weighted by Crippen LogP contribution is -2.65. The summed E-state index contributed by atoms with van der Waals surface area (Å²) in [6, 6.07) is 92.0. The van der Waals surface area contributed by atoms with E-state index in [0.29, 0.717) is 0 Å². The summed E-state index contributed by atoms with van der Waals surface area (Å²) in [6.07, 6.45) is 0. The van der Waals surface area contributed by atoms with Crippen molar-refractivity contribution in [2.24, 2.45) is 0 Å². The molecule has 74 heavy (non-hydrogen) atoms. The maximum absolute atomic E-state index is 6.89. The lowest BCUT2D eigenvalue weighted by atomic mass is 9.29. The van der Waals surface area contributed by atoms with E-state index in [1.807, 2.05) is 84.2 Å². The van der Waals surface area contributed by atoms with Crippen LogP contribution in [0, 0.1) is 0 Å². The predicted octanol–water partition coefficient (Wildman–Crippen LogP) is 14.1. The summed E-state index contributed by atoms with van der Waals surface area (Å²) >= 11 is 3.69. The van der Waals surface area contributed by atoms with E-state index in [9.17, 15) is 0 Å². The standard InChI is InChI=1S/C66H42B2N2O2S2/c1-7-23-43(24-8-1)59-63-65(69(45-27-11-3-12-28-45)53-39-49(71-47-31-15-5-16-32-47)41-57-61(53)67(63)51-35-19-21-37-55(51)73-57)60(44-25-9-2-10-26-44)66-64(59)68-52-36-20-22-38-56(52)74-58-42-50(72-48-33-17-6-18-34-48)40-54(62(58)68)70(66)46-29-13-4-14-30-46/h1-42H. The topological polar surface area (TPSA) is 24.9 Å². The molecule has 0 aliphatic carbocycles. The Morgan fingerprint density at radius 1 is 0.297 bits per heavy atom. The van der Waals surface area contributed by atoms with Gasteiger partial charge in [-0.1, -0.05) is 204 Å². The van der Waals surface area contributed by atoms with Gasteiger partial charge in [0.25, 0.3) is 0 Å². The lowest BCUT2D eigenvalue weighted by molar-refractivity contribution is 0.481. The molecule has 4 heterocycles. The van der Waals surface area contributed by atoms with Crippen molar-refractivity contribution in [3.8, 4) is 45.3 Å². The second-order valence-electron chi connectivity index (χ2n) is 19.0. The maximum Gasteiger partial charge on any atom is 0.250 e. The Morgan fingerprint density at radius 2 is 0.649 bits per heavy atom. The van der Waals surface area contributed by atoms with Crippen molar-refractivity contribution in [2.45, 2.75) is 19.6 Å². The highest BCUT2D eigenvalue weighted by atomic mass is 32.2. The summed E-state index contributed by atoms with van der Waals surface area (Å²) in [4.78, 5) is 9.99. The summed E-state index contributed by atoms with van der Waals surface area (Å²) in [5.41, 5.74) is 19.0. The highest BCUT2D eigenvalue weighted by molar-refractivity contribution is 8.00. The molecule has 8 heteroatoms. The molecule has 4 aliphatic heterocycles. The van der Waals surface area contributed by atoms with E-state index in [1.54, 1.807) is 0 Å². The molecule has 4 nitrogen and oxygen atoms in total. The highest BCUT2D eigenvalue weighted by Crippen LogP contribution is 2.55. The van der Waals surface area contributed by atoms with Gasteiger partial charge in [-0.05, 0) is 111 Å². The minimum absolute atomic E-state index is 0.151. The largest absolute Gasteiger partial charge is 0.457 e. The minimum atomic E-state index is -0.151. The van der Waals surface area contributed by atoms with E-state index in [0.717, 1.165) is 68.2 Å². The molecule has 0 aromatic heterocycles. The third-order valence-corrected chi connectivity index (χ3v) is 17.1. The molecule has 4 aliphatic rings. The number of benzene rings is 11. The first-order valence-electron chi connectivity index (χ1n) is 25.1. The first-order valence-corrected chi connectivity index (χ1v) is 26.8. The molecule has 11 aromatic carbocycles. The van der Waals surface area contributed by atoms with Crippen LogP contribution in [-0.4, -0.2) is 13.4 Å². The molecule has 0 atom stereocenters. The number of para-hydroxylation sites is 4. The van der Waals surface area contributed by atoms with Crippen LogP contribution >= 0.6 is 23.5 Å². The third kappa shape index (κ3) is 6.89. The smallest absolute Gasteiger partial charge is 0.250 e. The Kier molecular flexibility index (Phi) is 10.2. The van der Waals surface area contributed by atoms with Gasteiger partial charge in [-0.15, -0.1) is 0 Å². The molecule has 0 saturated carbocycles. The quantitative estimate of drug-likeness (QED) is 0.141. The summed E-state index contributed by atoms with van der Waals surface area (Å²) in [5.74, 6) is 3.17. The zero-order valence-corrected chi connectivity index (χ0v) is 41.6. The fourth-order valence-corrected chi connectivity index (χ4v) is 14.3. The Labute approximate surface area is 440 Å². The molecule has 0 bridgehead atoms. The summed E-state index contributed by atoms with van der Waals surface area (Å²) in [5, 5.41) is 0. The van der Waals surface area contributed by atoms with Gasteiger partial charge < -0.3 is 19.3 Å². The molecule has 0 radical (unpaired) electrons. The predicted molar refractivity (Wildman–Crippen MR) is 310 cm³/mol. The second-order valence-corrected chi connectivity index (χ2v) is 21.2. The average Bonchev–Trinajstić information content (AvgIpc) is 3.55. The molecule has 0 saturated heterocycles. The van der Waals surface area contributed by atoms with Crippen LogP contribution < -0.4 is 52.1 Å². The van der Waals surface area contributed by atoms with Crippen LogP contribution in [-0.2, 0) is 0 Å². The van der Waals surface area contributed by atoms with Gasteiger partial charge in [0.2, 0.25) is 13.4 Å². The lowest BCUT2D eigenvalue weighted by Gasteiger charge is -2.48. The van der Waals surface area contributed by atoms with Gasteiger partial charge in [0.05, 0.1) is 11.4 Å². The van der Waals surface area contributed by atoms with E-state index in [1.165, 1.54) is 63.5 Å². The van der Waals surface area contributed by atoms with E-state index in [2.05, 4.69) is 204 Å². The second kappa shape index (κ2) is 17.6. The number of ether oxygens (including phenoxy) is 2. The summed E-state index contributed by atoms with van der Waals surface area (Å²) in [6.45, 7) is -0.302. The number of anilines is 6. The normalized spacial score (nSPS) is 13.2.